The Balaban J connectivity index is 1.52. The lowest BCUT2D eigenvalue weighted by atomic mass is 10.0. The number of nitrogens with one attached hydrogen (secondary N) is 1. The van der Waals surface area contributed by atoms with Gasteiger partial charge in [-0.25, -0.2) is 9.97 Å². The maximum absolute atomic E-state index is 10.8. The largest absolute Gasteiger partial charge is 0.381 e. The van der Waals surface area contributed by atoms with Crippen LogP contribution in [0.25, 0.3) is 0 Å². The van der Waals surface area contributed by atoms with E-state index in [1.807, 2.05) is 24.3 Å². The molecule has 3 heterocycles. The standard InChI is InChI=1S/C17H18N6O/c24-17(14-11-19-22-21-14)7-9-23(12-17)16-6-8-18-15(20-16)10-13-4-2-1-3-5-13/h1-6,8,11,24H,7,9-10,12H2,(H,19,21,22)/t17-/m0/s1. The zero-order valence-electron chi connectivity index (χ0n) is 13.1. The van der Waals surface area contributed by atoms with Crippen molar-refractivity contribution < 1.29 is 5.11 Å². The molecule has 2 aromatic heterocycles. The molecule has 0 radical (unpaired) electrons. The number of hydrogen-bond donors (Lipinski definition) is 2. The van der Waals surface area contributed by atoms with Gasteiger partial charge in [-0.15, -0.1) is 0 Å². The van der Waals surface area contributed by atoms with Crippen LogP contribution in [0.3, 0.4) is 0 Å². The fraction of sp³-hybridized carbons (Fsp3) is 0.294. The molecule has 1 aliphatic heterocycles. The Kier molecular flexibility index (Phi) is 3.70. The van der Waals surface area contributed by atoms with Gasteiger partial charge < -0.3 is 10.0 Å². The molecule has 0 spiro atoms. The monoisotopic (exact) mass is 322 g/mol. The fourth-order valence-corrected chi connectivity index (χ4v) is 3.05. The van der Waals surface area contributed by atoms with Gasteiger partial charge in [-0.05, 0) is 11.6 Å². The minimum Gasteiger partial charge on any atom is -0.381 e. The zero-order valence-corrected chi connectivity index (χ0v) is 13.1. The highest BCUT2D eigenvalue weighted by molar-refractivity contribution is 5.41. The van der Waals surface area contributed by atoms with Crippen molar-refractivity contribution in [3.8, 4) is 0 Å². The number of nitrogens with zero attached hydrogens (tertiary/aromatic N) is 5. The second-order valence-electron chi connectivity index (χ2n) is 6.05. The second kappa shape index (κ2) is 6.01. The van der Waals surface area contributed by atoms with Gasteiger partial charge in [0, 0.05) is 25.6 Å². The van der Waals surface area contributed by atoms with E-state index in [2.05, 4.69) is 42.4 Å². The van der Waals surface area contributed by atoms with Gasteiger partial charge in [0.1, 0.15) is 22.9 Å². The quantitative estimate of drug-likeness (QED) is 0.752. The van der Waals surface area contributed by atoms with Crippen LogP contribution in [0.1, 0.15) is 23.5 Å². The van der Waals surface area contributed by atoms with Gasteiger partial charge in [0.15, 0.2) is 0 Å². The summed E-state index contributed by atoms with van der Waals surface area (Å²) >= 11 is 0. The molecule has 4 rings (SSSR count). The number of benzene rings is 1. The van der Waals surface area contributed by atoms with E-state index in [0.717, 1.165) is 11.6 Å². The Morgan fingerprint density at radius 2 is 2.08 bits per heavy atom. The predicted octanol–water partition coefficient (Wildman–Crippen LogP) is 1.28. The number of hydrogen-bond acceptors (Lipinski definition) is 6. The summed E-state index contributed by atoms with van der Waals surface area (Å²) in [5.41, 5.74) is 0.760. The minimum absolute atomic E-state index is 0.446. The summed E-state index contributed by atoms with van der Waals surface area (Å²) < 4.78 is 0. The highest BCUT2D eigenvalue weighted by Crippen LogP contribution is 2.32. The molecule has 1 saturated heterocycles. The first-order valence-electron chi connectivity index (χ1n) is 7.92. The number of rotatable bonds is 4. The van der Waals surface area contributed by atoms with E-state index < -0.39 is 5.60 Å². The van der Waals surface area contributed by atoms with Gasteiger partial charge in [0.05, 0.1) is 12.7 Å². The van der Waals surface area contributed by atoms with E-state index in [1.165, 1.54) is 5.56 Å². The Labute approximate surface area is 139 Å². The summed E-state index contributed by atoms with van der Waals surface area (Å²) in [4.78, 5) is 11.1. The van der Waals surface area contributed by atoms with E-state index in [0.29, 0.717) is 31.6 Å². The van der Waals surface area contributed by atoms with E-state index in [4.69, 9.17) is 0 Å². The summed E-state index contributed by atoms with van der Waals surface area (Å²) in [6.07, 6.45) is 4.63. The molecule has 3 aromatic rings. The Morgan fingerprint density at radius 3 is 2.88 bits per heavy atom. The number of β-amino-alcohol motifs (C(OH)–C–C–N with tert-alkyl or cyclic N) is 1. The van der Waals surface area contributed by atoms with Crippen LogP contribution >= 0.6 is 0 Å². The Bertz CT molecular complexity index is 807. The number of anilines is 1. The molecule has 0 unspecified atom stereocenters. The molecule has 0 bridgehead atoms. The molecule has 24 heavy (non-hydrogen) atoms. The van der Waals surface area contributed by atoms with Crippen molar-refractivity contribution in [1.29, 1.82) is 0 Å². The highest BCUT2D eigenvalue weighted by Gasteiger charge is 2.40. The molecule has 1 fully saturated rings. The zero-order chi connectivity index (χ0) is 16.4. The van der Waals surface area contributed by atoms with Crippen LogP contribution in [0.4, 0.5) is 5.82 Å². The molecule has 0 amide bonds. The van der Waals surface area contributed by atoms with E-state index in [-0.39, 0.29) is 0 Å². The van der Waals surface area contributed by atoms with Crippen LogP contribution in [0.5, 0.6) is 0 Å². The third-order valence-corrected chi connectivity index (χ3v) is 4.36. The molecular formula is C17H18N6O. The van der Waals surface area contributed by atoms with E-state index >= 15 is 0 Å². The SMILES string of the molecule is O[C@@]1(c2cn[nH]n2)CCN(c2ccnc(Cc3ccccc3)n2)C1. The minimum atomic E-state index is -0.989. The third-order valence-electron chi connectivity index (χ3n) is 4.36. The molecule has 122 valence electrons. The maximum atomic E-state index is 10.8. The number of aromatic amines is 1. The van der Waals surface area contributed by atoms with E-state index in [9.17, 15) is 5.11 Å². The summed E-state index contributed by atoms with van der Waals surface area (Å²) in [6, 6.07) is 12.0. The third kappa shape index (κ3) is 2.85. The van der Waals surface area contributed by atoms with Crippen LogP contribution in [-0.4, -0.2) is 43.6 Å². The Hall–Kier alpha value is -2.80. The predicted molar refractivity (Wildman–Crippen MR) is 88.4 cm³/mol. The average molecular weight is 322 g/mol. The van der Waals surface area contributed by atoms with Crippen LogP contribution in [0, 0.1) is 0 Å². The lowest BCUT2D eigenvalue weighted by Crippen LogP contribution is -2.31. The van der Waals surface area contributed by atoms with Crippen LogP contribution in [0.15, 0.2) is 48.8 Å². The molecule has 7 heteroatoms. The summed E-state index contributed by atoms with van der Waals surface area (Å²) in [7, 11) is 0. The Morgan fingerprint density at radius 1 is 1.21 bits per heavy atom. The molecule has 1 aromatic carbocycles. The summed E-state index contributed by atoms with van der Waals surface area (Å²) in [5.74, 6) is 1.60. The molecule has 1 atom stereocenters. The van der Waals surface area contributed by atoms with Crippen molar-refractivity contribution in [3.63, 3.8) is 0 Å². The number of H-pyrrole nitrogens is 1. The van der Waals surface area contributed by atoms with Gasteiger partial charge in [-0.2, -0.15) is 15.4 Å². The van der Waals surface area contributed by atoms with Gasteiger partial charge in [0.2, 0.25) is 0 Å². The van der Waals surface area contributed by atoms with Crippen LogP contribution in [0.2, 0.25) is 0 Å². The summed E-state index contributed by atoms with van der Waals surface area (Å²) in [5, 5.41) is 21.2. The lowest BCUT2D eigenvalue weighted by Gasteiger charge is -2.21. The van der Waals surface area contributed by atoms with Crippen molar-refractivity contribution in [3.05, 3.63) is 65.9 Å². The lowest BCUT2D eigenvalue weighted by molar-refractivity contribution is 0.0559. The van der Waals surface area contributed by atoms with Crippen molar-refractivity contribution in [1.82, 2.24) is 25.4 Å². The first kappa shape index (κ1) is 14.8. The van der Waals surface area contributed by atoms with Gasteiger partial charge in [0.25, 0.3) is 0 Å². The van der Waals surface area contributed by atoms with Gasteiger partial charge >= 0.3 is 0 Å². The van der Waals surface area contributed by atoms with Gasteiger partial charge in [-0.1, -0.05) is 30.3 Å². The molecule has 2 N–H and O–H groups in total. The first-order chi connectivity index (χ1) is 11.7. The normalized spacial score (nSPS) is 20.5. The van der Waals surface area contributed by atoms with Crippen molar-refractivity contribution in [2.24, 2.45) is 0 Å². The molecule has 1 aliphatic rings. The average Bonchev–Trinajstić information content (AvgIpc) is 3.27. The van der Waals surface area contributed by atoms with Crippen LogP contribution < -0.4 is 4.90 Å². The molecule has 0 saturated carbocycles. The number of aliphatic hydroxyl groups is 1. The van der Waals surface area contributed by atoms with Crippen molar-refractivity contribution >= 4 is 5.82 Å². The van der Waals surface area contributed by atoms with Crippen molar-refractivity contribution in [2.45, 2.75) is 18.4 Å². The summed E-state index contributed by atoms with van der Waals surface area (Å²) in [6.45, 7) is 1.16. The second-order valence-corrected chi connectivity index (χ2v) is 6.05. The molecular weight excluding hydrogens is 304 g/mol. The molecule has 0 aliphatic carbocycles. The van der Waals surface area contributed by atoms with Gasteiger partial charge in [-0.3, -0.25) is 0 Å². The smallest absolute Gasteiger partial charge is 0.135 e. The topological polar surface area (TPSA) is 90.8 Å². The van der Waals surface area contributed by atoms with Crippen LogP contribution in [-0.2, 0) is 12.0 Å². The first-order valence-corrected chi connectivity index (χ1v) is 7.92. The fourth-order valence-electron chi connectivity index (χ4n) is 3.05. The maximum Gasteiger partial charge on any atom is 0.135 e. The molecule has 7 nitrogen and oxygen atoms in total. The van der Waals surface area contributed by atoms with E-state index in [1.54, 1.807) is 12.4 Å². The van der Waals surface area contributed by atoms with Crippen molar-refractivity contribution in [2.75, 3.05) is 18.0 Å². The number of aromatic nitrogens is 5. The highest BCUT2D eigenvalue weighted by atomic mass is 16.3.